The van der Waals surface area contributed by atoms with Crippen molar-refractivity contribution in [3.05, 3.63) is 65.2 Å². The van der Waals surface area contributed by atoms with E-state index in [-0.39, 0.29) is 14.9 Å². The van der Waals surface area contributed by atoms with Crippen molar-refractivity contribution in [1.82, 2.24) is 5.32 Å². The van der Waals surface area contributed by atoms with Gasteiger partial charge in [0.25, 0.3) is 0 Å². The third-order valence-electron chi connectivity index (χ3n) is 3.51. The van der Waals surface area contributed by atoms with E-state index in [2.05, 4.69) is 10.6 Å². The minimum atomic E-state index is -3.99. The Balaban J connectivity index is 2.13. The van der Waals surface area contributed by atoms with E-state index in [9.17, 15) is 22.1 Å². The highest BCUT2D eigenvalue weighted by molar-refractivity contribution is 7.95. The maximum absolute atomic E-state index is 12.5. The molecule has 0 aliphatic heterocycles. The quantitative estimate of drug-likeness (QED) is 0.475. The Bertz CT molecular complexity index is 1160. The van der Waals surface area contributed by atoms with E-state index in [0.717, 1.165) is 11.8 Å². The summed E-state index contributed by atoms with van der Waals surface area (Å²) in [4.78, 5) is -0.581. The van der Waals surface area contributed by atoms with Gasteiger partial charge in [-0.3, -0.25) is 0 Å². The number of nitrogens with two attached hydrogens (primary N) is 1. The highest BCUT2D eigenvalue weighted by atomic mass is 32.2. The molecule has 2 aromatic carbocycles. The van der Waals surface area contributed by atoms with Crippen LogP contribution in [0.15, 0.2) is 69.4 Å². The number of sulfonamides is 1. The fourth-order valence-electron chi connectivity index (χ4n) is 2.04. The first-order valence-corrected chi connectivity index (χ1v) is 11.1. The molecule has 0 atom stereocenters. The number of thiocarbonyl (C=S) groups is 1. The fraction of sp³-hybridized carbons (Fsp3) is 0.0588. The summed E-state index contributed by atoms with van der Waals surface area (Å²) in [6.45, 7) is 1.82. The average molecular weight is 437 g/mol. The zero-order valence-electron chi connectivity index (χ0n) is 14.6. The molecule has 146 valence electrons. The fourth-order valence-corrected chi connectivity index (χ4v) is 3.82. The molecule has 0 saturated carbocycles. The lowest BCUT2D eigenvalue weighted by atomic mass is 10.2. The first-order valence-electron chi connectivity index (χ1n) is 7.66. The summed E-state index contributed by atoms with van der Waals surface area (Å²) in [5, 5.41) is 19.5. The predicted molar refractivity (Wildman–Crippen MR) is 109 cm³/mol. The molecular weight excluding hydrogens is 420 g/mol. The summed E-state index contributed by atoms with van der Waals surface area (Å²) in [6, 6.07) is 13.2. The maximum atomic E-state index is 12.5. The highest BCUT2D eigenvalue weighted by Crippen LogP contribution is 2.19. The number of rotatable bonds is 5. The molecule has 0 radical (unpaired) electrons. The number of primary sulfonamides is 1. The molecule has 0 unspecified atom stereocenters. The molecule has 0 spiro atoms. The Labute approximate surface area is 168 Å². The molecular formula is C17H16N4O4S3. The van der Waals surface area contributed by atoms with Crippen molar-refractivity contribution < 1.29 is 16.8 Å². The van der Waals surface area contributed by atoms with Gasteiger partial charge in [0.15, 0.2) is 10.0 Å². The van der Waals surface area contributed by atoms with E-state index in [0.29, 0.717) is 5.69 Å². The Hall–Kier alpha value is -2.78. The number of nitrogens with one attached hydrogen (secondary N) is 2. The van der Waals surface area contributed by atoms with Crippen LogP contribution in [-0.2, 0) is 19.9 Å². The Morgan fingerprint density at radius 2 is 1.57 bits per heavy atom. The largest absolute Gasteiger partial charge is 0.337 e. The van der Waals surface area contributed by atoms with Gasteiger partial charge in [-0.25, -0.2) is 22.0 Å². The van der Waals surface area contributed by atoms with Crippen LogP contribution in [-0.4, -0.2) is 21.9 Å². The van der Waals surface area contributed by atoms with Crippen molar-refractivity contribution in [3.8, 4) is 6.07 Å². The third-order valence-corrected chi connectivity index (χ3v) is 6.34. The number of nitriles is 1. The van der Waals surface area contributed by atoms with Crippen molar-refractivity contribution >= 4 is 42.9 Å². The molecule has 2 aromatic rings. The monoisotopic (exact) mass is 436 g/mol. The number of hydrogen-bond acceptors (Lipinski definition) is 6. The van der Waals surface area contributed by atoms with Gasteiger partial charge in [0.1, 0.15) is 6.07 Å². The van der Waals surface area contributed by atoms with Crippen LogP contribution in [0.1, 0.15) is 5.56 Å². The normalized spacial score (nSPS) is 12.1. The first-order chi connectivity index (χ1) is 13.0. The average Bonchev–Trinajstić information content (AvgIpc) is 2.62. The Morgan fingerprint density at radius 1 is 1.04 bits per heavy atom. The molecule has 2 rings (SSSR count). The minimum Gasteiger partial charge on any atom is -0.337 e. The number of anilines is 1. The van der Waals surface area contributed by atoms with E-state index in [4.69, 9.17) is 17.4 Å². The number of benzene rings is 2. The van der Waals surface area contributed by atoms with Crippen LogP contribution in [0.3, 0.4) is 0 Å². The van der Waals surface area contributed by atoms with Gasteiger partial charge in [0, 0.05) is 11.9 Å². The number of aryl methyl sites for hydroxylation is 1. The number of hydrogen-bond donors (Lipinski definition) is 3. The van der Waals surface area contributed by atoms with E-state index in [1.807, 2.05) is 6.92 Å². The molecule has 4 N–H and O–H groups in total. The van der Waals surface area contributed by atoms with Crippen molar-refractivity contribution in [2.45, 2.75) is 16.7 Å². The smallest absolute Gasteiger partial charge is 0.238 e. The van der Waals surface area contributed by atoms with Gasteiger partial charge in [-0.15, -0.1) is 0 Å². The number of sulfone groups is 1. The van der Waals surface area contributed by atoms with Crippen LogP contribution in [0.25, 0.3) is 0 Å². The Morgan fingerprint density at radius 3 is 2.07 bits per heavy atom. The van der Waals surface area contributed by atoms with E-state index >= 15 is 0 Å². The van der Waals surface area contributed by atoms with Gasteiger partial charge in [0.05, 0.1) is 9.79 Å². The van der Waals surface area contributed by atoms with Crippen LogP contribution in [0.5, 0.6) is 0 Å². The molecule has 0 amide bonds. The minimum absolute atomic E-state index is 0.00911. The summed E-state index contributed by atoms with van der Waals surface area (Å²) >= 11 is 5.05. The lowest BCUT2D eigenvalue weighted by Crippen LogP contribution is -2.24. The predicted octanol–water partition coefficient (Wildman–Crippen LogP) is 1.77. The van der Waals surface area contributed by atoms with E-state index in [1.54, 1.807) is 18.2 Å². The van der Waals surface area contributed by atoms with Crippen LogP contribution < -0.4 is 15.8 Å². The van der Waals surface area contributed by atoms with Crippen molar-refractivity contribution in [2.24, 2.45) is 5.14 Å². The SMILES string of the molecule is Cc1ccc(S(=O)(=O)/C(C#N)=C/NC(=S)Nc2ccc(S(N)(=O)=O)cc2)cc1. The van der Waals surface area contributed by atoms with Gasteiger partial charge in [-0.05, 0) is 55.5 Å². The molecule has 8 nitrogen and oxygen atoms in total. The molecule has 0 bridgehead atoms. The summed E-state index contributed by atoms with van der Waals surface area (Å²) in [7, 11) is -7.80. The van der Waals surface area contributed by atoms with E-state index < -0.39 is 24.8 Å². The van der Waals surface area contributed by atoms with Crippen LogP contribution in [0, 0.1) is 18.3 Å². The highest BCUT2D eigenvalue weighted by Gasteiger charge is 2.20. The molecule has 0 aromatic heterocycles. The standard InChI is InChI=1S/C17H16N4O4S3/c1-12-2-6-14(7-3-12)27(22,23)16(10-18)11-20-17(26)21-13-4-8-15(9-5-13)28(19,24)25/h2-9,11H,1H3,(H2,19,24,25)(H2,20,21,26)/b16-11+. The summed E-state index contributed by atoms with van der Waals surface area (Å²) < 4.78 is 47.5. The second-order valence-corrected chi connectivity index (χ2v) is 9.49. The van der Waals surface area contributed by atoms with Gasteiger partial charge in [0.2, 0.25) is 19.9 Å². The maximum Gasteiger partial charge on any atom is 0.238 e. The van der Waals surface area contributed by atoms with Crippen LogP contribution >= 0.6 is 12.2 Å². The lowest BCUT2D eigenvalue weighted by Gasteiger charge is -2.09. The first kappa shape index (κ1) is 21.5. The lowest BCUT2D eigenvalue weighted by molar-refractivity contribution is 0.597. The van der Waals surface area contributed by atoms with E-state index in [1.165, 1.54) is 36.4 Å². The number of allylic oxidation sites excluding steroid dienone is 1. The Kier molecular flexibility index (Phi) is 6.52. The van der Waals surface area contributed by atoms with Crippen molar-refractivity contribution in [3.63, 3.8) is 0 Å². The van der Waals surface area contributed by atoms with Gasteiger partial charge in [-0.2, -0.15) is 5.26 Å². The van der Waals surface area contributed by atoms with Crippen LogP contribution in [0.4, 0.5) is 5.69 Å². The third kappa shape index (κ3) is 5.37. The zero-order chi connectivity index (χ0) is 20.9. The second-order valence-electron chi connectivity index (χ2n) is 5.60. The van der Waals surface area contributed by atoms with Crippen molar-refractivity contribution in [2.75, 3.05) is 5.32 Å². The molecule has 0 fully saturated rings. The zero-order valence-corrected chi connectivity index (χ0v) is 17.0. The molecule has 28 heavy (non-hydrogen) atoms. The molecule has 0 aliphatic carbocycles. The summed E-state index contributed by atoms with van der Waals surface area (Å²) in [5.41, 5.74) is 1.33. The molecule has 0 aliphatic rings. The number of nitrogens with zero attached hydrogens (tertiary/aromatic N) is 1. The van der Waals surface area contributed by atoms with Gasteiger partial charge < -0.3 is 10.6 Å². The van der Waals surface area contributed by atoms with Gasteiger partial charge in [-0.1, -0.05) is 17.7 Å². The summed E-state index contributed by atoms with van der Waals surface area (Å²) in [6.07, 6.45) is 0.989. The molecule has 0 saturated heterocycles. The summed E-state index contributed by atoms with van der Waals surface area (Å²) in [5.74, 6) is 0. The molecule has 0 heterocycles. The van der Waals surface area contributed by atoms with Gasteiger partial charge >= 0.3 is 0 Å². The molecule has 11 heteroatoms. The second kappa shape index (κ2) is 8.49. The van der Waals surface area contributed by atoms with Crippen molar-refractivity contribution in [1.29, 1.82) is 5.26 Å². The van der Waals surface area contributed by atoms with Crippen LogP contribution in [0.2, 0.25) is 0 Å². The topological polar surface area (TPSA) is 142 Å².